The average molecular weight is 544 g/mol. The number of halogens is 2. The van der Waals surface area contributed by atoms with Crippen LogP contribution in [0.25, 0.3) is 38.8 Å². The fourth-order valence-electron chi connectivity index (χ4n) is 5.21. The molecule has 39 heavy (non-hydrogen) atoms. The van der Waals surface area contributed by atoms with E-state index in [4.69, 9.17) is 11.6 Å². The van der Waals surface area contributed by atoms with Crippen LogP contribution in [0.2, 0.25) is 5.02 Å². The Bertz CT molecular complexity index is 1850. The predicted molar refractivity (Wildman–Crippen MR) is 154 cm³/mol. The summed E-state index contributed by atoms with van der Waals surface area (Å²) in [5, 5.41) is 16.2. The van der Waals surface area contributed by atoms with Gasteiger partial charge in [-0.2, -0.15) is 0 Å². The zero-order valence-electron chi connectivity index (χ0n) is 21.7. The lowest BCUT2D eigenvalue weighted by Gasteiger charge is -2.28. The number of aromatic hydroxyl groups is 1. The van der Waals surface area contributed by atoms with Crippen LogP contribution in [0.3, 0.4) is 0 Å². The van der Waals surface area contributed by atoms with E-state index in [2.05, 4.69) is 22.5 Å². The van der Waals surface area contributed by atoms with E-state index in [-0.39, 0.29) is 11.4 Å². The maximum Gasteiger partial charge on any atom is 0.332 e. The first-order valence-corrected chi connectivity index (χ1v) is 12.9. The SMILES string of the molecule is CC1=CN(c2cc(-c3cc(F)cc(-c4ccc(-n5ccn(C)c5=O)c(Cl)c4)c3O)cc3c2ccn3C)CCN1. The zero-order chi connectivity index (χ0) is 27.4. The molecule has 0 fully saturated rings. The molecule has 0 saturated carbocycles. The lowest BCUT2D eigenvalue weighted by atomic mass is 9.95. The molecule has 0 spiro atoms. The molecule has 6 rings (SSSR count). The standard InChI is InChI=1S/C30H27ClFN5O2/c1-18-17-36(9-7-33-18)28-14-20(13-27-22(28)6-8-34(27)2)24-16-21(32)15-23(29(24)38)19-4-5-26(25(31)12-19)37-11-10-35(3)30(37)39/h4-6,8,10-17,33,38H,7,9H2,1-3H3. The molecule has 1 aliphatic heterocycles. The molecular formula is C30H27ClFN5O2. The monoisotopic (exact) mass is 543 g/mol. The Morgan fingerprint density at radius 3 is 2.38 bits per heavy atom. The molecule has 0 bridgehead atoms. The van der Waals surface area contributed by atoms with Gasteiger partial charge in [0.2, 0.25) is 0 Å². The molecule has 0 aliphatic carbocycles. The number of nitrogens with zero attached hydrogens (tertiary/aromatic N) is 4. The molecule has 0 atom stereocenters. The van der Waals surface area contributed by atoms with Gasteiger partial charge < -0.3 is 24.5 Å². The molecule has 5 aromatic rings. The summed E-state index contributed by atoms with van der Waals surface area (Å²) in [4.78, 5) is 14.6. The largest absolute Gasteiger partial charge is 0.507 e. The second-order valence-electron chi connectivity index (χ2n) is 9.86. The fraction of sp³-hybridized carbons (Fsp3) is 0.167. The lowest BCUT2D eigenvalue weighted by molar-refractivity contribution is 0.477. The number of phenols is 1. The van der Waals surface area contributed by atoms with E-state index in [1.54, 1.807) is 37.6 Å². The summed E-state index contributed by atoms with van der Waals surface area (Å²) in [7, 11) is 3.62. The molecule has 2 aromatic heterocycles. The first kappa shape index (κ1) is 24.9. The number of nitrogens with one attached hydrogen (secondary N) is 1. The molecule has 7 nitrogen and oxygen atoms in total. The number of hydrogen-bond acceptors (Lipinski definition) is 4. The molecule has 0 saturated heterocycles. The Labute approximate surface area is 229 Å². The van der Waals surface area contributed by atoms with Gasteiger partial charge in [-0.05, 0) is 60.5 Å². The van der Waals surface area contributed by atoms with Gasteiger partial charge in [-0.15, -0.1) is 0 Å². The van der Waals surface area contributed by atoms with Crippen molar-refractivity contribution >= 4 is 28.2 Å². The van der Waals surface area contributed by atoms with Gasteiger partial charge in [-0.3, -0.25) is 4.57 Å². The summed E-state index contributed by atoms with van der Waals surface area (Å²) in [6.45, 7) is 3.61. The molecule has 1 aliphatic rings. The molecule has 2 N–H and O–H groups in total. The van der Waals surface area contributed by atoms with Gasteiger partial charge in [0, 0.05) is 74.2 Å². The Balaban J connectivity index is 1.49. The van der Waals surface area contributed by atoms with E-state index in [9.17, 15) is 9.90 Å². The highest BCUT2D eigenvalue weighted by molar-refractivity contribution is 6.32. The van der Waals surface area contributed by atoms with Crippen LogP contribution < -0.4 is 15.9 Å². The van der Waals surface area contributed by atoms with E-state index < -0.39 is 5.82 Å². The van der Waals surface area contributed by atoms with Gasteiger partial charge in [0.15, 0.2) is 0 Å². The van der Waals surface area contributed by atoms with Crippen LogP contribution in [0.1, 0.15) is 6.92 Å². The number of allylic oxidation sites excluding steroid dienone is 1. The third kappa shape index (κ3) is 4.27. The van der Waals surface area contributed by atoms with Crippen molar-refractivity contribution in [3.05, 3.63) is 100 Å². The molecule has 3 heterocycles. The molecule has 0 radical (unpaired) electrons. The van der Waals surface area contributed by atoms with Crippen molar-refractivity contribution in [3.8, 4) is 33.7 Å². The lowest BCUT2D eigenvalue weighted by Crippen LogP contribution is -2.33. The average Bonchev–Trinajstić information content (AvgIpc) is 3.46. The quantitative estimate of drug-likeness (QED) is 0.302. The van der Waals surface area contributed by atoms with Crippen LogP contribution in [0.5, 0.6) is 5.75 Å². The molecule has 3 aromatic carbocycles. The van der Waals surface area contributed by atoms with E-state index in [0.29, 0.717) is 33.0 Å². The smallest absolute Gasteiger partial charge is 0.332 e. The van der Waals surface area contributed by atoms with Crippen molar-refractivity contribution < 1.29 is 9.50 Å². The number of phenolic OH excluding ortho intramolecular Hbond substituents is 1. The number of anilines is 1. The molecule has 9 heteroatoms. The number of benzene rings is 3. The highest BCUT2D eigenvalue weighted by Crippen LogP contribution is 2.43. The summed E-state index contributed by atoms with van der Waals surface area (Å²) in [6.07, 6.45) is 7.34. The third-order valence-corrected chi connectivity index (χ3v) is 7.55. The second-order valence-corrected chi connectivity index (χ2v) is 10.3. The Morgan fingerprint density at radius 2 is 1.69 bits per heavy atom. The van der Waals surface area contributed by atoms with Gasteiger partial charge in [0.1, 0.15) is 11.6 Å². The van der Waals surface area contributed by atoms with E-state index in [1.807, 2.05) is 36.9 Å². The van der Waals surface area contributed by atoms with Gasteiger partial charge in [0.05, 0.1) is 21.9 Å². The minimum absolute atomic E-state index is 0.0522. The topological polar surface area (TPSA) is 67.4 Å². The highest BCUT2D eigenvalue weighted by atomic mass is 35.5. The van der Waals surface area contributed by atoms with Gasteiger partial charge in [-0.1, -0.05) is 17.7 Å². The van der Waals surface area contributed by atoms with Gasteiger partial charge in [0.25, 0.3) is 0 Å². The van der Waals surface area contributed by atoms with Crippen LogP contribution in [-0.2, 0) is 14.1 Å². The zero-order valence-corrected chi connectivity index (χ0v) is 22.5. The maximum atomic E-state index is 15.1. The summed E-state index contributed by atoms with van der Waals surface area (Å²) in [5.74, 6) is -0.535. The van der Waals surface area contributed by atoms with Crippen LogP contribution >= 0.6 is 11.6 Å². The fourth-order valence-corrected chi connectivity index (χ4v) is 5.48. The van der Waals surface area contributed by atoms with Crippen molar-refractivity contribution in [1.82, 2.24) is 19.0 Å². The summed E-state index contributed by atoms with van der Waals surface area (Å²) < 4.78 is 20.0. The van der Waals surface area contributed by atoms with Crippen molar-refractivity contribution in [2.75, 3.05) is 18.0 Å². The van der Waals surface area contributed by atoms with E-state index >= 15 is 4.39 Å². The van der Waals surface area contributed by atoms with Crippen molar-refractivity contribution in [1.29, 1.82) is 0 Å². The van der Waals surface area contributed by atoms with Gasteiger partial charge in [-0.25, -0.2) is 9.18 Å². The molecular weight excluding hydrogens is 517 g/mol. The Morgan fingerprint density at radius 1 is 0.923 bits per heavy atom. The van der Waals surface area contributed by atoms with Crippen LogP contribution in [-0.4, -0.2) is 31.9 Å². The molecule has 0 unspecified atom stereocenters. The third-order valence-electron chi connectivity index (χ3n) is 7.25. The Hall–Kier alpha value is -4.43. The summed E-state index contributed by atoms with van der Waals surface area (Å²) in [5.41, 5.74) is 5.20. The van der Waals surface area contributed by atoms with Crippen molar-refractivity contribution in [3.63, 3.8) is 0 Å². The highest BCUT2D eigenvalue weighted by Gasteiger charge is 2.20. The number of aromatic nitrogens is 3. The number of fused-ring (bicyclic) bond motifs is 1. The normalized spacial score (nSPS) is 13.6. The maximum absolute atomic E-state index is 15.1. The van der Waals surface area contributed by atoms with Crippen LogP contribution in [0, 0.1) is 5.82 Å². The molecule has 198 valence electrons. The summed E-state index contributed by atoms with van der Waals surface area (Å²) in [6, 6.07) is 13.7. The first-order chi connectivity index (χ1) is 18.7. The number of imidazole rings is 1. The second kappa shape index (κ2) is 9.39. The van der Waals surface area contributed by atoms with E-state index in [1.165, 1.54) is 21.3 Å². The Kier molecular flexibility index (Phi) is 5.99. The van der Waals surface area contributed by atoms with E-state index in [0.717, 1.165) is 35.4 Å². The minimum Gasteiger partial charge on any atom is -0.507 e. The van der Waals surface area contributed by atoms with Crippen LogP contribution in [0.15, 0.2) is 83.8 Å². The number of rotatable bonds is 4. The predicted octanol–water partition coefficient (Wildman–Crippen LogP) is 5.77. The minimum atomic E-state index is -0.483. The van der Waals surface area contributed by atoms with Crippen LogP contribution in [0.4, 0.5) is 10.1 Å². The van der Waals surface area contributed by atoms with Crippen molar-refractivity contribution in [2.24, 2.45) is 14.1 Å². The molecule has 0 amide bonds. The number of aryl methyl sites for hydroxylation is 2. The van der Waals surface area contributed by atoms with Gasteiger partial charge >= 0.3 is 5.69 Å². The summed E-state index contributed by atoms with van der Waals surface area (Å²) >= 11 is 6.57. The number of hydrogen-bond donors (Lipinski definition) is 2. The van der Waals surface area contributed by atoms with Crippen molar-refractivity contribution in [2.45, 2.75) is 6.92 Å². The first-order valence-electron chi connectivity index (χ1n) is 12.6.